The topological polar surface area (TPSA) is 93.8 Å². The molecule has 2 aromatic carbocycles. The minimum absolute atomic E-state index is 0.0402. The number of benzene rings is 2. The van der Waals surface area contributed by atoms with E-state index in [1.54, 1.807) is 6.07 Å². The van der Waals surface area contributed by atoms with Gasteiger partial charge < -0.3 is 4.74 Å². The Kier molecular flexibility index (Phi) is 5.50. The van der Waals surface area contributed by atoms with E-state index in [0.717, 1.165) is 12.3 Å². The average molecular weight is 335 g/mol. The van der Waals surface area contributed by atoms with Crippen molar-refractivity contribution in [3.05, 3.63) is 69.8 Å². The number of amides is 1. The molecule has 0 unspecified atom stereocenters. The number of carbonyl (C=O) groups is 1. The van der Waals surface area contributed by atoms with Crippen molar-refractivity contribution in [3.63, 3.8) is 0 Å². The fourth-order valence-electron chi connectivity index (χ4n) is 1.78. The first-order chi connectivity index (χ1) is 11.5. The van der Waals surface area contributed by atoms with Crippen LogP contribution < -0.4 is 10.2 Å². The second kappa shape index (κ2) is 7.77. The monoisotopic (exact) mass is 335 g/mol. The number of nitrogens with one attached hydrogen (secondary N) is 1. The Morgan fingerprint density at radius 3 is 2.71 bits per heavy atom. The molecule has 24 heavy (non-hydrogen) atoms. The number of hydrogen-bond acceptors (Lipinski definition) is 5. The smallest absolute Gasteiger partial charge is 0.387 e. The first kappa shape index (κ1) is 17.0. The zero-order chi connectivity index (χ0) is 17.5. The molecular formula is C15H11F2N3O4. The minimum atomic E-state index is -2.99. The summed E-state index contributed by atoms with van der Waals surface area (Å²) in [5.74, 6) is -0.775. The summed E-state index contributed by atoms with van der Waals surface area (Å²) in [5, 5.41) is 14.3. The number of nitrogens with zero attached hydrogens (tertiary/aromatic N) is 2. The van der Waals surface area contributed by atoms with E-state index in [0.29, 0.717) is 0 Å². The van der Waals surface area contributed by atoms with E-state index in [2.05, 4.69) is 15.3 Å². The number of nitro groups is 1. The molecule has 0 bridgehead atoms. The van der Waals surface area contributed by atoms with Crippen LogP contribution in [0, 0.1) is 10.1 Å². The number of nitro benzene ring substituents is 1. The number of hydrogen-bond donors (Lipinski definition) is 1. The van der Waals surface area contributed by atoms with Crippen molar-refractivity contribution < 1.29 is 23.2 Å². The highest BCUT2D eigenvalue weighted by molar-refractivity contribution is 5.95. The van der Waals surface area contributed by atoms with E-state index in [4.69, 9.17) is 0 Å². The van der Waals surface area contributed by atoms with Crippen LogP contribution in [-0.4, -0.2) is 23.7 Å². The number of hydrazone groups is 1. The van der Waals surface area contributed by atoms with E-state index in [1.165, 1.54) is 36.4 Å². The second-order valence-corrected chi connectivity index (χ2v) is 4.42. The van der Waals surface area contributed by atoms with Gasteiger partial charge >= 0.3 is 6.61 Å². The lowest BCUT2D eigenvalue weighted by molar-refractivity contribution is -0.384. The maximum absolute atomic E-state index is 12.3. The van der Waals surface area contributed by atoms with Gasteiger partial charge in [-0.3, -0.25) is 14.9 Å². The molecule has 0 aliphatic heterocycles. The predicted octanol–water partition coefficient (Wildman–Crippen LogP) is 2.96. The Balaban J connectivity index is 2.08. The van der Waals surface area contributed by atoms with Gasteiger partial charge in [-0.25, -0.2) is 5.43 Å². The van der Waals surface area contributed by atoms with Crippen LogP contribution in [0.2, 0.25) is 0 Å². The molecule has 124 valence electrons. The number of non-ortho nitro benzene ring substituents is 1. The van der Waals surface area contributed by atoms with Crippen LogP contribution in [-0.2, 0) is 0 Å². The highest BCUT2D eigenvalue weighted by Gasteiger charge is 2.11. The van der Waals surface area contributed by atoms with E-state index in [9.17, 15) is 23.7 Å². The zero-order valence-electron chi connectivity index (χ0n) is 12.1. The largest absolute Gasteiger partial charge is 0.434 e. The Labute approximate surface area is 134 Å². The summed E-state index contributed by atoms with van der Waals surface area (Å²) in [7, 11) is 0. The van der Waals surface area contributed by atoms with E-state index < -0.39 is 17.4 Å². The minimum Gasteiger partial charge on any atom is -0.434 e. The van der Waals surface area contributed by atoms with E-state index in [1.807, 2.05) is 0 Å². The van der Waals surface area contributed by atoms with E-state index >= 15 is 0 Å². The lowest BCUT2D eigenvalue weighted by Gasteiger charge is -2.06. The maximum Gasteiger partial charge on any atom is 0.387 e. The summed E-state index contributed by atoms with van der Waals surface area (Å²) in [4.78, 5) is 21.9. The number of halogens is 2. The average Bonchev–Trinajstić information content (AvgIpc) is 2.56. The van der Waals surface area contributed by atoms with Crippen LogP contribution >= 0.6 is 0 Å². The van der Waals surface area contributed by atoms with Gasteiger partial charge in [0.1, 0.15) is 5.75 Å². The molecule has 0 aliphatic carbocycles. The molecule has 9 heteroatoms. The second-order valence-electron chi connectivity index (χ2n) is 4.42. The fourth-order valence-corrected chi connectivity index (χ4v) is 1.78. The van der Waals surface area contributed by atoms with Gasteiger partial charge in [0, 0.05) is 23.3 Å². The van der Waals surface area contributed by atoms with Gasteiger partial charge in [0.15, 0.2) is 0 Å². The van der Waals surface area contributed by atoms with Crippen LogP contribution in [0.3, 0.4) is 0 Å². The van der Waals surface area contributed by atoms with Crippen LogP contribution in [0.15, 0.2) is 53.6 Å². The third kappa shape index (κ3) is 4.57. The van der Waals surface area contributed by atoms with Crippen LogP contribution in [0.25, 0.3) is 0 Å². The Morgan fingerprint density at radius 1 is 1.25 bits per heavy atom. The first-order valence-electron chi connectivity index (χ1n) is 6.59. The maximum atomic E-state index is 12.3. The SMILES string of the molecule is O=C(N/N=C\c1ccccc1OC(F)F)c1cccc([N+](=O)[O-])c1. The molecule has 0 spiro atoms. The fraction of sp³-hybridized carbons (Fsp3) is 0.0667. The Hall–Kier alpha value is -3.36. The van der Waals surface area contributed by atoms with Crippen LogP contribution in [0.1, 0.15) is 15.9 Å². The van der Waals surface area contributed by atoms with Crippen molar-refractivity contribution in [2.24, 2.45) is 5.10 Å². The third-order valence-corrected chi connectivity index (χ3v) is 2.82. The van der Waals surface area contributed by atoms with Gasteiger partial charge in [-0.2, -0.15) is 13.9 Å². The van der Waals surface area contributed by atoms with Crippen molar-refractivity contribution >= 4 is 17.8 Å². The predicted molar refractivity (Wildman–Crippen MR) is 81.2 cm³/mol. The van der Waals surface area contributed by atoms with Gasteiger partial charge in [-0.05, 0) is 18.2 Å². The van der Waals surface area contributed by atoms with Crippen LogP contribution in [0.5, 0.6) is 5.75 Å². The highest BCUT2D eigenvalue weighted by atomic mass is 19.3. The number of alkyl halides is 2. The molecule has 0 atom stereocenters. The Morgan fingerprint density at radius 2 is 2.00 bits per heavy atom. The van der Waals surface area contributed by atoms with Crippen molar-refractivity contribution in [2.75, 3.05) is 0 Å². The molecule has 2 aromatic rings. The summed E-state index contributed by atoms with van der Waals surface area (Å²) in [6.45, 7) is -2.99. The standard InChI is InChI=1S/C15H11F2N3O4/c16-15(17)24-13-7-2-1-4-11(13)9-18-19-14(21)10-5-3-6-12(8-10)20(22)23/h1-9,15H,(H,19,21)/b18-9-. The molecule has 0 radical (unpaired) electrons. The van der Waals surface area contributed by atoms with Gasteiger partial charge in [0.05, 0.1) is 11.1 Å². The number of rotatable bonds is 6. The van der Waals surface area contributed by atoms with Crippen molar-refractivity contribution in [1.82, 2.24) is 5.43 Å². The van der Waals surface area contributed by atoms with Crippen LogP contribution in [0.4, 0.5) is 14.5 Å². The van der Waals surface area contributed by atoms with Gasteiger partial charge in [-0.15, -0.1) is 0 Å². The van der Waals surface area contributed by atoms with Crippen molar-refractivity contribution in [2.45, 2.75) is 6.61 Å². The normalized spacial score (nSPS) is 10.8. The quantitative estimate of drug-likeness (QED) is 0.499. The lowest BCUT2D eigenvalue weighted by atomic mass is 10.2. The molecule has 0 saturated carbocycles. The molecule has 0 heterocycles. The third-order valence-electron chi connectivity index (χ3n) is 2.82. The van der Waals surface area contributed by atoms with Gasteiger partial charge in [-0.1, -0.05) is 18.2 Å². The molecule has 2 rings (SSSR count). The molecular weight excluding hydrogens is 324 g/mol. The molecule has 7 nitrogen and oxygen atoms in total. The molecule has 0 fully saturated rings. The molecule has 1 N–H and O–H groups in total. The summed E-state index contributed by atoms with van der Waals surface area (Å²) in [6.07, 6.45) is 1.13. The summed E-state index contributed by atoms with van der Waals surface area (Å²) >= 11 is 0. The number of ether oxygens (including phenoxy) is 1. The summed E-state index contributed by atoms with van der Waals surface area (Å²) in [6, 6.07) is 11.0. The highest BCUT2D eigenvalue weighted by Crippen LogP contribution is 2.18. The number of para-hydroxylation sites is 1. The zero-order valence-corrected chi connectivity index (χ0v) is 12.1. The lowest BCUT2D eigenvalue weighted by Crippen LogP contribution is -2.17. The van der Waals surface area contributed by atoms with Crippen molar-refractivity contribution in [3.8, 4) is 5.75 Å². The summed E-state index contributed by atoms with van der Waals surface area (Å²) < 4.78 is 28.9. The van der Waals surface area contributed by atoms with Crippen molar-refractivity contribution in [1.29, 1.82) is 0 Å². The van der Waals surface area contributed by atoms with Gasteiger partial charge in [0.2, 0.25) is 0 Å². The number of carbonyl (C=O) groups excluding carboxylic acids is 1. The molecule has 0 aliphatic rings. The Bertz CT molecular complexity index is 781. The first-order valence-corrected chi connectivity index (χ1v) is 6.59. The molecule has 0 aromatic heterocycles. The summed E-state index contributed by atoms with van der Waals surface area (Å²) in [5.41, 5.74) is 2.20. The van der Waals surface area contributed by atoms with E-state index in [-0.39, 0.29) is 22.6 Å². The van der Waals surface area contributed by atoms with Gasteiger partial charge in [0.25, 0.3) is 11.6 Å². The molecule has 1 amide bonds. The molecule has 0 saturated heterocycles.